The lowest BCUT2D eigenvalue weighted by atomic mass is 9.48. The molecule has 0 radical (unpaired) electrons. The fraction of sp³-hybridized carbons (Fsp3) is 0.895. The molecule has 0 aliphatic heterocycles. The van der Waals surface area contributed by atoms with E-state index in [1.165, 1.54) is 38.5 Å². The molecule has 0 aromatic heterocycles. The number of rotatable bonds is 0. The predicted octanol–water partition coefficient (Wildman–Crippen LogP) is 3.64. The van der Waals surface area contributed by atoms with Crippen LogP contribution in [0.5, 0.6) is 0 Å². The van der Waals surface area contributed by atoms with Crippen LogP contribution in [-0.2, 0) is 0 Å². The highest BCUT2D eigenvalue weighted by atomic mass is 16.3. The second kappa shape index (κ2) is 4.58. The van der Waals surface area contributed by atoms with E-state index in [-0.39, 0.29) is 6.10 Å². The molecular weight excluding hydrogens is 258 g/mol. The van der Waals surface area contributed by atoms with Crippen molar-refractivity contribution in [3.05, 3.63) is 11.6 Å². The van der Waals surface area contributed by atoms with Crippen LogP contribution in [0.3, 0.4) is 0 Å². The van der Waals surface area contributed by atoms with Crippen LogP contribution in [0.2, 0.25) is 0 Å². The summed E-state index contributed by atoms with van der Waals surface area (Å²) in [6, 6.07) is 0.426. The Morgan fingerprint density at radius 3 is 2.71 bits per heavy atom. The third kappa shape index (κ3) is 1.84. The van der Waals surface area contributed by atoms with Gasteiger partial charge in [-0.3, -0.25) is 0 Å². The van der Waals surface area contributed by atoms with Crippen LogP contribution < -0.4 is 5.73 Å². The summed E-state index contributed by atoms with van der Waals surface area (Å²) in [5.41, 5.74) is 8.83. The summed E-state index contributed by atoms with van der Waals surface area (Å²) in [6.45, 7) is 4.97. The Morgan fingerprint density at radius 2 is 1.90 bits per heavy atom. The summed E-state index contributed by atoms with van der Waals surface area (Å²) < 4.78 is 0. The minimum atomic E-state index is -0.0883. The summed E-state index contributed by atoms with van der Waals surface area (Å²) in [5, 5.41) is 10.0. The van der Waals surface area contributed by atoms with Gasteiger partial charge in [-0.2, -0.15) is 0 Å². The Balaban J connectivity index is 1.68. The van der Waals surface area contributed by atoms with Gasteiger partial charge in [-0.15, -0.1) is 0 Å². The van der Waals surface area contributed by atoms with Crippen molar-refractivity contribution in [3.63, 3.8) is 0 Å². The van der Waals surface area contributed by atoms with Gasteiger partial charge in [0.2, 0.25) is 0 Å². The molecule has 0 aromatic carbocycles. The molecule has 0 amide bonds. The van der Waals surface area contributed by atoms with Gasteiger partial charge in [0.05, 0.1) is 6.10 Å². The average molecular weight is 289 g/mol. The van der Waals surface area contributed by atoms with Gasteiger partial charge < -0.3 is 10.8 Å². The molecule has 0 spiro atoms. The van der Waals surface area contributed by atoms with Crippen LogP contribution >= 0.6 is 0 Å². The number of aliphatic hydroxyl groups excluding tert-OH is 1. The number of aliphatic hydroxyl groups is 1. The van der Waals surface area contributed by atoms with Crippen molar-refractivity contribution in [1.82, 2.24) is 0 Å². The molecule has 2 nitrogen and oxygen atoms in total. The van der Waals surface area contributed by atoms with E-state index in [1.807, 2.05) is 0 Å². The van der Waals surface area contributed by atoms with Crippen LogP contribution in [0.1, 0.15) is 65.2 Å². The Hall–Kier alpha value is -0.340. The van der Waals surface area contributed by atoms with Gasteiger partial charge in [0.1, 0.15) is 0 Å². The Bertz CT molecular complexity index is 472. The van der Waals surface area contributed by atoms with Gasteiger partial charge in [0, 0.05) is 6.04 Å². The molecule has 118 valence electrons. The van der Waals surface area contributed by atoms with Gasteiger partial charge >= 0.3 is 0 Å². The summed E-state index contributed by atoms with van der Waals surface area (Å²) >= 11 is 0. The molecule has 0 aromatic rings. The number of allylic oxidation sites excluding steroid dienone is 1. The minimum Gasteiger partial charge on any atom is -0.393 e. The molecule has 0 saturated heterocycles. The molecular formula is C19H31NO. The van der Waals surface area contributed by atoms with E-state index in [2.05, 4.69) is 19.9 Å². The maximum atomic E-state index is 10.0. The third-order valence-electron chi connectivity index (χ3n) is 8.15. The number of hydrogen-bond acceptors (Lipinski definition) is 2. The largest absolute Gasteiger partial charge is 0.393 e. The molecule has 3 unspecified atom stereocenters. The molecule has 7 atom stereocenters. The SMILES string of the molecule is C[C@]12CC[C@@H](O)CC1=CCC1C2CC[C@@]2(C)C1CC[C@@H]2N. The molecule has 0 heterocycles. The lowest BCUT2D eigenvalue weighted by molar-refractivity contribution is -0.0401. The summed E-state index contributed by atoms with van der Waals surface area (Å²) in [6.07, 6.45) is 12.1. The number of nitrogens with two attached hydrogens (primary N) is 1. The Morgan fingerprint density at radius 1 is 1.10 bits per heavy atom. The quantitative estimate of drug-likeness (QED) is 0.669. The van der Waals surface area contributed by atoms with Gasteiger partial charge in [0.25, 0.3) is 0 Å². The summed E-state index contributed by atoms with van der Waals surface area (Å²) in [7, 11) is 0. The van der Waals surface area contributed by atoms with Crippen molar-refractivity contribution in [2.75, 3.05) is 0 Å². The van der Waals surface area contributed by atoms with Gasteiger partial charge in [-0.05, 0) is 80.0 Å². The molecule has 3 N–H and O–H groups in total. The van der Waals surface area contributed by atoms with Gasteiger partial charge in [0.15, 0.2) is 0 Å². The highest BCUT2D eigenvalue weighted by Gasteiger charge is 2.57. The lowest BCUT2D eigenvalue weighted by Crippen LogP contribution is -2.52. The molecule has 0 bridgehead atoms. The van der Waals surface area contributed by atoms with Crippen LogP contribution in [0.15, 0.2) is 11.6 Å². The predicted molar refractivity (Wildman–Crippen MR) is 85.7 cm³/mol. The monoisotopic (exact) mass is 289 g/mol. The van der Waals surface area contributed by atoms with E-state index in [4.69, 9.17) is 5.73 Å². The molecule has 21 heavy (non-hydrogen) atoms. The zero-order valence-electron chi connectivity index (χ0n) is 13.6. The first-order valence-corrected chi connectivity index (χ1v) is 9.08. The highest BCUT2D eigenvalue weighted by Crippen LogP contribution is 2.64. The maximum Gasteiger partial charge on any atom is 0.0577 e. The molecule has 2 heteroatoms. The first-order chi connectivity index (χ1) is 9.95. The first-order valence-electron chi connectivity index (χ1n) is 9.08. The van der Waals surface area contributed by atoms with E-state index in [9.17, 15) is 5.11 Å². The minimum absolute atomic E-state index is 0.0883. The zero-order chi connectivity index (χ0) is 14.8. The second-order valence-corrected chi connectivity index (χ2v) is 8.88. The number of hydrogen-bond donors (Lipinski definition) is 2. The van der Waals surface area contributed by atoms with E-state index >= 15 is 0 Å². The van der Waals surface area contributed by atoms with Crippen molar-refractivity contribution < 1.29 is 5.11 Å². The van der Waals surface area contributed by atoms with Crippen LogP contribution in [-0.4, -0.2) is 17.3 Å². The van der Waals surface area contributed by atoms with E-state index in [1.54, 1.807) is 5.57 Å². The smallest absolute Gasteiger partial charge is 0.0577 e. The average Bonchev–Trinajstić information content (AvgIpc) is 2.76. The van der Waals surface area contributed by atoms with Crippen molar-refractivity contribution in [1.29, 1.82) is 0 Å². The van der Waals surface area contributed by atoms with E-state index in [0.29, 0.717) is 16.9 Å². The van der Waals surface area contributed by atoms with Crippen molar-refractivity contribution in [2.24, 2.45) is 34.3 Å². The molecule has 3 saturated carbocycles. The topological polar surface area (TPSA) is 46.2 Å². The summed E-state index contributed by atoms with van der Waals surface area (Å²) in [4.78, 5) is 0. The second-order valence-electron chi connectivity index (χ2n) is 8.88. The van der Waals surface area contributed by atoms with Gasteiger partial charge in [-0.25, -0.2) is 0 Å². The van der Waals surface area contributed by atoms with Gasteiger partial charge in [-0.1, -0.05) is 25.5 Å². The third-order valence-corrected chi connectivity index (χ3v) is 8.15. The highest BCUT2D eigenvalue weighted by molar-refractivity contribution is 5.25. The van der Waals surface area contributed by atoms with Crippen LogP contribution in [0.4, 0.5) is 0 Å². The molecule has 3 fully saturated rings. The van der Waals surface area contributed by atoms with E-state index in [0.717, 1.165) is 30.6 Å². The molecule has 4 rings (SSSR count). The maximum absolute atomic E-state index is 10.0. The first kappa shape index (κ1) is 14.3. The Labute approximate surface area is 129 Å². The standard InChI is InChI=1S/C19H31NO/c1-18-9-7-13(21)11-12(18)3-4-14-15-5-6-17(20)19(15,2)10-8-16(14)18/h3,13-17,21H,4-11,20H2,1-2H3/t13-,14?,15?,16?,17+,18+,19+/m1/s1. The fourth-order valence-corrected chi connectivity index (χ4v) is 6.68. The van der Waals surface area contributed by atoms with Crippen LogP contribution in [0.25, 0.3) is 0 Å². The lowest BCUT2D eigenvalue weighted by Gasteiger charge is -2.57. The molecule has 4 aliphatic rings. The molecule has 4 aliphatic carbocycles. The van der Waals surface area contributed by atoms with Crippen molar-refractivity contribution in [2.45, 2.75) is 77.4 Å². The number of fused-ring (bicyclic) bond motifs is 5. The van der Waals surface area contributed by atoms with Crippen LogP contribution in [0, 0.1) is 28.6 Å². The fourth-order valence-electron chi connectivity index (χ4n) is 6.68. The Kier molecular flexibility index (Phi) is 3.11. The van der Waals surface area contributed by atoms with Crippen molar-refractivity contribution in [3.8, 4) is 0 Å². The zero-order valence-corrected chi connectivity index (χ0v) is 13.6. The normalized spacial score (nSPS) is 56.2. The van der Waals surface area contributed by atoms with Crippen molar-refractivity contribution >= 4 is 0 Å². The van der Waals surface area contributed by atoms with E-state index < -0.39 is 0 Å². The summed E-state index contributed by atoms with van der Waals surface area (Å²) in [5.74, 6) is 2.53.